The molecule has 1 heterocycles. The summed E-state index contributed by atoms with van der Waals surface area (Å²) in [5.74, 6) is 1.82. The first-order chi connectivity index (χ1) is 10.9. The summed E-state index contributed by atoms with van der Waals surface area (Å²) in [6, 6.07) is 25.1. The highest BCUT2D eigenvalue weighted by Gasteiger charge is 1.80. The maximum absolute atomic E-state index is 4.91. The molecule has 0 spiro atoms. The van der Waals surface area contributed by atoms with Crippen LogP contribution in [-0.2, 0) is 0 Å². The number of benzene rings is 2. The average molecular weight is 295 g/mol. The third-order valence-electron chi connectivity index (χ3n) is 2.52. The quantitative estimate of drug-likeness (QED) is 0.699. The van der Waals surface area contributed by atoms with Gasteiger partial charge in [0.2, 0.25) is 0 Å². The van der Waals surface area contributed by atoms with E-state index < -0.39 is 0 Å². The standard InChI is InChI=1S/2C7H8O.C5H5N/c2*1-8-7-5-3-2-4-6-7;1-2-4-6-5-3-1/h2*2-6H,1H3;1-5H. The fourth-order valence-corrected chi connectivity index (χ4v) is 1.43. The lowest BCUT2D eigenvalue weighted by Crippen LogP contribution is -1.78. The fourth-order valence-electron chi connectivity index (χ4n) is 1.43. The highest BCUT2D eigenvalue weighted by molar-refractivity contribution is 5.21. The summed E-state index contributed by atoms with van der Waals surface area (Å²) < 4.78 is 9.83. The SMILES string of the molecule is COc1ccccc1.COc1ccccc1.c1ccncc1. The van der Waals surface area contributed by atoms with Crippen LogP contribution in [0, 0.1) is 0 Å². The van der Waals surface area contributed by atoms with Crippen LogP contribution in [0.2, 0.25) is 0 Å². The summed E-state index contributed by atoms with van der Waals surface area (Å²) in [6.45, 7) is 0. The van der Waals surface area contributed by atoms with Crippen molar-refractivity contribution < 1.29 is 9.47 Å². The summed E-state index contributed by atoms with van der Waals surface area (Å²) >= 11 is 0. The molecule has 0 amide bonds. The van der Waals surface area contributed by atoms with Crippen LogP contribution in [0.15, 0.2) is 91.3 Å². The molecule has 0 N–H and O–H groups in total. The van der Waals surface area contributed by atoms with E-state index >= 15 is 0 Å². The highest BCUT2D eigenvalue weighted by Crippen LogP contribution is 2.06. The molecule has 0 aliphatic carbocycles. The lowest BCUT2D eigenvalue weighted by molar-refractivity contribution is 0.414. The van der Waals surface area contributed by atoms with Crippen LogP contribution < -0.4 is 9.47 Å². The van der Waals surface area contributed by atoms with Crippen molar-refractivity contribution in [2.24, 2.45) is 0 Å². The van der Waals surface area contributed by atoms with Gasteiger partial charge in [-0.3, -0.25) is 4.98 Å². The van der Waals surface area contributed by atoms with Crippen molar-refractivity contribution in [2.45, 2.75) is 0 Å². The van der Waals surface area contributed by atoms with Gasteiger partial charge in [-0.25, -0.2) is 0 Å². The Morgan fingerprint density at radius 1 is 0.545 bits per heavy atom. The molecule has 3 heteroatoms. The molecule has 3 nitrogen and oxygen atoms in total. The summed E-state index contributed by atoms with van der Waals surface area (Å²) in [4.78, 5) is 3.78. The van der Waals surface area contributed by atoms with Crippen LogP contribution in [0.25, 0.3) is 0 Å². The number of pyridine rings is 1. The maximum atomic E-state index is 4.91. The van der Waals surface area contributed by atoms with Crippen molar-refractivity contribution in [3.8, 4) is 11.5 Å². The van der Waals surface area contributed by atoms with E-state index in [1.54, 1.807) is 26.6 Å². The zero-order chi connectivity index (χ0) is 15.9. The van der Waals surface area contributed by atoms with E-state index in [2.05, 4.69) is 4.98 Å². The predicted molar refractivity (Wildman–Crippen MR) is 90.2 cm³/mol. The summed E-state index contributed by atoms with van der Waals surface area (Å²) in [5.41, 5.74) is 0. The van der Waals surface area contributed by atoms with Crippen LogP contribution >= 0.6 is 0 Å². The van der Waals surface area contributed by atoms with Gasteiger partial charge in [0.25, 0.3) is 0 Å². The van der Waals surface area contributed by atoms with E-state index in [4.69, 9.17) is 9.47 Å². The minimum Gasteiger partial charge on any atom is -0.497 e. The number of hydrogen-bond acceptors (Lipinski definition) is 3. The predicted octanol–water partition coefficient (Wildman–Crippen LogP) is 4.47. The normalized spacial score (nSPS) is 8.45. The second-order valence-electron chi connectivity index (χ2n) is 4.06. The molecule has 0 aliphatic rings. The molecular weight excluding hydrogens is 274 g/mol. The van der Waals surface area contributed by atoms with Gasteiger partial charge in [0.15, 0.2) is 0 Å². The number of nitrogens with zero attached hydrogens (tertiary/aromatic N) is 1. The first kappa shape index (κ1) is 17.2. The van der Waals surface area contributed by atoms with E-state index in [0.717, 1.165) is 11.5 Å². The van der Waals surface area contributed by atoms with E-state index in [0.29, 0.717) is 0 Å². The molecular formula is C19H21NO2. The minimum absolute atomic E-state index is 0.910. The maximum Gasteiger partial charge on any atom is 0.118 e. The Morgan fingerprint density at radius 3 is 1.09 bits per heavy atom. The summed E-state index contributed by atoms with van der Waals surface area (Å²) in [7, 11) is 3.32. The molecule has 22 heavy (non-hydrogen) atoms. The lowest BCUT2D eigenvalue weighted by Gasteiger charge is -1.93. The summed E-state index contributed by atoms with van der Waals surface area (Å²) in [6.07, 6.45) is 3.50. The van der Waals surface area contributed by atoms with Crippen molar-refractivity contribution in [3.05, 3.63) is 91.3 Å². The van der Waals surface area contributed by atoms with Crippen LogP contribution in [0.4, 0.5) is 0 Å². The zero-order valence-electron chi connectivity index (χ0n) is 12.9. The first-order valence-electron chi connectivity index (χ1n) is 6.90. The van der Waals surface area contributed by atoms with Crippen LogP contribution in [0.1, 0.15) is 0 Å². The Hall–Kier alpha value is -2.81. The Morgan fingerprint density at radius 2 is 0.909 bits per heavy atom. The van der Waals surface area contributed by atoms with Gasteiger partial charge >= 0.3 is 0 Å². The molecule has 0 aliphatic heterocycles. The van der Waals surface area contributed by atoms with Gasteiger partial charge in [-0.05, 0) is 36.4 Å². The number of methoxy groups -OCH3 is 2. The Balaban J connectivity index is 0.000000167. The molecule has 1 aromatic heterocycles. The monoisotopic (exact) mass is 295 g/mol. The molecule has 3 rings (SSSR count). The van der Waals surface area contributed by atoms with Crippen molar-refractivity contribution in [2.75, 3.05) is 14.2 Å². The Kier molecular flexibility index (Phi) is 9.38. The van der Waals surface area contributed by atoms with Crippen molar-refractivity contribution in [1.82, 2.24) is 4.98 Å². The molecule has 0 saturated carbocycles. The molecule has 0 fully saturated rings. The van der Waals surface area contributed by atoms with E-state index in [9.17, 15) is 0 Å². The van der Waals surface area contributed by atoms with Gasteiger partial charge in [0.1, 0.15) is 11.5 Å². The molecule has 0 radical (unpaired) electrons. The van der Waals surface area contributed by atoms with Gasteiger partial charge < -0.3 is 9.47 Å². The van der Waals surface area contributed by atoms with E-state index in [-0.39, 0.29) is 0 Å². The lowest BCUT2D eigenvalue weighted by atomic mass is 10.3. The Bertz CT molecular complexity index is 505. The first-order valence-corrected chi connectivity index (χ1v) is 6.90. The molecule has 3 aromatic rings. The minimum atomic E-state index is 0.910. The number of hydrogen-bond donors (Lipinski definition) is 0. The van der Waals surface area contributed by atoms with Gasteiger partial charge in [-0.1, -0.05) is 42.5 Å². The average Bonchev–Trinajstić information content (AvgIpc) is 2.65. The molecule has 0 atom stereocenters. The smallest absolute Gasteiger partial charge is 0.118 e. The second-order valence-corrected chi connectivity index (χ2v) is 4.06. The van der Waals surface area contributed by atoms with Crippen molar-refractivity contribution >= 4 is 0 Å². The molecule has 0 unspecified atom stereocenters. The third-order valence-corrected chi connectivity index (χ3v) is 2.52. The van der Waals surface area contributed by atoms with Crippen LogP contribution in [0.5, 0.6) is 11.5 Å². The molecule has 0 saturated heterocycles. The third kappa shape index (κ3) is 8.38. The van der Waals surface area contributed by atoms with Gasteiger partial charge in [0.05, 0.1) is 14.2 Å². The number of ether oxygens (including phenoxy) is 2. The van der Waals surface area contributed by atoms with Gasteiger partial charge in [-0.15, -0.1) is 0 Å². The van der Waals surface area contributed by atoms with Crippen molar-refractivity contribution in [3.63, 3.8) is 0 Å². The number of rotatable bonds is 2. The topological polar surface area (TPSA) is 31.4 Å². The van der Waals surface area contributed by atoms with Gasteiger partial charge in [-0.2, -0.15) is 0 Å². The van der Waals surface area contributed by atoms with Gasteiger partial charge in [0, 0.05) is 12.4 Å². The van der Waals surface area contributed by atoms with E-state index in [1.807, 2.05) is 78.9 Å². The number of para-hydroxylation sites is 2. The molecule has 0 bridgehead atoms. The van der Waals surface area contributed by atoms with Crippen molar-refractivity contribution in [1.29, 1.82) is 0 Å². The zero-order valence-corrected chi connectivity index (χ0v) is 12.9. The summed E-state index contributed by atoms with van der Waals surface area (Å²) in [5, 5.41) is 0. The number of aromatic nitrogens is 1. The second kappa shape index (κ2) is 12.0. The Labute approximate surface area is 132 Å². The van der Waals surface area contributed by atoms with Crippen LogP contribution in [0.3, 0.4) is 0 Å². The van der Waals surface area contributed by atoms with E-state index in [1.165, 1.54) is 0 Å². The molecule has 2 aromatic carbocycles. The van der Waals surface area contributed by atoms with Crippen LogP contribution in [-0.4, -0.2) is 19.2 Å². The molecule has 114 valence electrons. The highest BCUT2D eigenvalue weighted by atomic mass is 16.5. The fraction of sp³-hybridized carbons (Fsp3) is 0.105. The largest absolute Gasteiger partial charge is 0.497 e.